The van der Waals surface area contributed by atoms with Gasteiger partial charge in [0, 0.05) is 25.2 Å². The summed E-state index contributed by atoms with van der Waals surface area (Å²) in [4.78, 5) is 26.6. The molecule has 0 aromatic heterocycles. The summed E-state index contributed by atoms with van der Waals surface area (Å²) < 4.78 is 0. The van der Waals surface area contributed by atoms with Gasteiger partial charge in [-0.15, -0.1) is 0 Å². The second-order valence-corrected chi connectivity index (χ2v) is 5.61. The lowest BCUT2D eigenvalue weighted by Gasteiger charge is -2.21. The van der Waals surface area contributed by atoms with Gasteiger partial charge < -0.3 is 20.2 Å². The lowest BCUT2D eigenvalue weighted by molar-refractivity contribution is 0.0698. The number of carbonyl (C=O) groups excluding carboxylic acids is 1. The Balaban J connectivity index is 2.92. The number of carboxylic acid groups (broad SMARTS) is 1. The van der Waals surface area contributed by atoms with Crippen molar-refractivity contribution in [1.29, 1.82) is 0 Å². The first-order valence-electron chi connectivity index (χ1n) is 6.11. The van der Waals surface area contributed by atoms with Crippen molar-refractivity contribution in [2.24, 2.45) is 0 Å². The first-order valence-corrected chi connectivity index (χ1v) is 6.87. The second-order valence-electron chi connectivity index (χ2n) is 4.77. The van der Waals surface area contributed by atoms with Gasteiger partial charge in [0.05, 0.1) is 16.3 Å². The third-order valence-electron chi connectivity index (χ3n) is 2.75. The van der Waals surface area contributed by atoms with Crippen LogP contribution in [0, 0.1) is 0 Å². The third kappa shape index (κ3) is 5.08. The van der Waals surface area contributed by atoms with Crippen LogP contribution in [0.5, 0.6) is 0 Å². The van der Waals surface area contributed by atoms with Crippen LogP contribution in [-0.4, -0.2) is 61.1 Å². The minimum Gasteiger partial charge on any atom is -0.478 e. The lowest BCUT2D eigenvalue weighted by Crippen LogP contribution is -2.36. The van der Waals surface area contributed by atoms with Crippen LogP contribution in [0.15, 0.2) is 12.1 Å². The summed E-state index contributed by atoms with van der Waals surface area (Å²) in [6, 6.07) is 2.18. The van der Waals surface area contributed by atoms with Crippen molar-refractivity contribution in [3.05, 3.63) is 27.7 Å². The number of benzene rings is 1. The fourth-order valence-corrected chi connectivity index (χ4v) is 2.06. The number of carboxylic acids is 1. The number of likely N-dealkylation sites (N-methyl/N-ethyl adjacent to an activating group) is 2. The van der Waals surface area contributed by atoms with Crippen LogP contribution in [0.1, 0.15) is 10.4 Å². The van der Waals surface area contributed by atoms with Gasteiger partial charge in [0.2, 0.25) is 0 Å². The van der Waals surface area contributed by atoms with E-state index in [-0.39, 0.29) is 21.3 Å². The van der Waals surface area contributed by atoms with Crippen LogP contribution < -0.4 is 5.32 Å². The quantitative estimate of drug-likeness (QED) is 0.868. The molecule has 0 radical (unpaired) electrons. The highest BCUT2D eigenvalue weighted by atomic mass is 35.5. The molecule has 0 atom stereocenters. The molecule has 0 heterocycles. The molecule has 2 amide bonds. The summed E-state index contributed by atoms with van der Waals surface area (Å²) in [5, 5.41) is 11.9. The zero-order valence-electron chi connectivity index (χ0n) is 12.0. The lowest BCUT2D eigenvalue weighted by atomic mass is 10.2. The van der Waals surface area contributed by atoms with Crippen molar-refractivity contribution in [3.63, 3.8) is 0 Å². The van der Waals surface area contributed by atoms with Crippen molar-refractivity contribution < 1.29 is 14.7 Å². The topological polar surface area (TPSA) is 72.9 Å². The minimum absolute atomic E-state index is 0.0373. The van der Waals surface area contributed by atoms with Gasteiger partial charge >= 0.3 is 12.0 Å². The highest BCUT2D eigenvalue weighted by Crippen LogP contribution is 2.30. The van der Waals surface area contributed by atoms with Gasteiger partial charge in [0.1, 0.15) is 0 Å². The van der Waals surface area contributed by atoms with Gasteiger partial charge in [-0.1, -0.05) is 23.2 Å². The first kappa shape index (κ1) is 17.6. The van der Waals surface area contributed by atoms with Crippen molar-refractivity contribution in [2.45, 2.75) is 0 Å². The van der Waals surface area contributed by atoms with Gasteiger partial charge in [-0.05, 0) is 26.2 Å². The summed E-state index contributed by atoms with van der Waals surface area (Å²) in [6.07, 6.45) is 0. The normalized spacial score (nSPS) is 10.6. The standard InChI is InChI=1S/C13H17Cl2N3O3/c1-17(2)4-5-18(3)13(21)16-11-9(12(19)20)6-8(14)7-10(11)15/h6-7H,4-5H2,1-3H3,(H,16,21)(H,19,20). The smallest absolute Gasteiger partial charge is 0.337 e. The maximum absolute atomic E-state index is 12.0. The molecule has 0 saturated heterocycles. The fourth-order valence-electron chi connectivity index (χ4n) is 1.52. The molecule has 0 fully saturated rings. The molecule has 0 aliphatic rings. The maximum atomic E-state index is 12.0. The highest BCUT2D eigenvalue weighted by Gasteiger charge is 2.18. The molecule has 0 aliphatic carbocycles. The van der Waals surface area contributed by atoms with Crippen molar-refractivity contribution in [1.82, 2.24) is 9.80 Å². The molecular weight excluding hydrogens is 317 g/mol. The molecule has 6 nitrogen and oxygen atoms in total. The van der Waals surface area contributed by atoms with E-state index in [1.54, 1.807) is 7.05 Å². The number of nitrogens with one attached hydrogen (secondary N) is 1. The van der Waals surface area contributed by atoms with Gasteiger partial charge in [-0.2, -0.15) is 0 Å². The predicted molar refractivity (Wildman–Crippen MR) is 83.6 cm³/mol. The number of rotatable bonds is 5. The number of halogens is 2. The maximum Gasteiger partial charge on any atom is 0.337 e. The number of urea groups is 1. The van der Waals surface area contributed by atoms with Gasteiger partial charge in [-0.25, -0.2) is 9.59 Å². The second kappa shape index (κ2) is 7.49. The van der Waals surface area contributed by atoms with E-state index in [2.05, 4.69) is 5.32 Å². The molecule has 1 aromatic rings. The van der Waals surface area contributed by atoms with E-state index in [1.165, 1.54) is 17.0 Å². The monoisotopic (exact) mass is 333 g/mol. The molecule has 1 aromatic carbocycles. The van der Waals surface area contributed by atoms with Crippen molar-refractivity contribution in [2.75, 3.05) is 39.5 Å². The molecule has 1 rings (SSSR count). The number of amides is 2. The average molecular weight is 334 g/mol. The van der Waals surface area contributed by atoms with Gasteiger partial charge in [0.25, 0.3) is 0 Å². The van der Waals surface area contributed by atoms with Crippen LogP contribution in [0.25, 0.3) is 0 Å². The van der Waals surface area contributed by atoms with Crippen molar-refractivity contribution >= 4 is 40.9 Å². The number of carbonyl (C=O) groups is 2. The number of nitrogens with zero attached hydrogens (tertiary/aromatic N) is 2. The molecule has 0 spiro atoms. The van der Waals surface area contributed by atoms with Gasteiger partial charge in [0.15, 0.2) is 0 Å². The Labute approximate surface area is 133 Å². The van der Waals surface area contributed by atoms with Crippen LogP contribution in [0.3, 0.4) is 0 Å². The number of aromatic carboxylic acids is 1. The van der Waals surface area contributed by atoms with E-state index in [9.17, 15) is 9.59 Å². The molecule has 8 heteroatoms. The number of hydrogen-bond acceptors (Lipinski definition) is 3. The Kier molecular flexibility index (Phi) is 6.26. The highest BCUT2D eigenvalue weighted by molar-refractivity contribution is 6.37. The first-order chi connectivity index (χ1) is 9.72. The van der Waals surface area contributed by atoms with E-state index in [4.69, 9.17) is 28.3 Å². The largest absolute Gasteiger partial charge is 0.478 e. The van der Waals surface area contributed by atoms with Crippen LogP contribution in [-0.2, 0) is 0 Å². The molecular formula is C13H17Cl2N3O3. The number of hydrogen-bond donors (Lipinski definition) is 2. The summed E-state index contributed by atoms with van der Waals surface area (Å²) in [5.74, 6) is -1.22. The SMILES string of the molecule is CN(C)CCN(C)C(=O)Nc1c(Cl)cc(Cl)cc1C(=O)O. The molecule has 116 valence electrons. The molecule has 0 saturated carbocycles. The molecule has 0 unspecified atom stereocenters. The van der Waals surface area contributed by atoms with Crippen LogP contribution >= 0.6 is 23.2 Å². The van der Waals surface area contributed by atoms with Crippen LogP contribution in [0.2, 0.25) is 10.0 Å². The van der Waals surface area contributed by atoms with E-state index in [0.717, 1.165) is 0 Å². The Bertz CT molecular complexity index is 550. The van der Waals surface area contributed by atoms with E-state index >= 15 is 0 Å². The predicted octanol–water partition coefficient (Wildman–Crippen LogP) is 2.72. The molecule has 0 aliphatic heterocycles. The zero-order chi connectivity index (χ0) is 16.2. The van der Waals surface area contributed by atoms with E-state index in [1.807, 2.05) is 19.0 Å². The number of anilines is 1. The minimum atomic E-state index is -1.22. The van der Waals surface area contributed by atoms with Gasteiger partial charge in [-0.3, -0.25) is 0 Å². The Morgan fingerprint density at radius 3 is 2.33 bits per heavy atom. The molecule has 21 heavy (non-hydrogen) atoms. The fraction of sp³-hybridized carbons (Fsp3) is 0.385. The van der Waals surface area contributed by atoms with Crippen molar-refractivity contribution in [3.8, 4) is 0 Å². The molecule has 2 N–H and O–H groups in total. The average Bonchev–Trinajstić information content (AvgIpc) is 2.38. The Morgan fingerprint density at radius 2 is 1.81 bits per heavy atom. The van der Waals surface area contributed by atoms with E-state index in [0.29, 0.717) is 13.1 Å². The summed E-state index contributed by atoms with van der Waals surface area (Å²) in [6.45, 7) is 1.18. The summed E-state index contributed by atoms with van der Waals surface area (Å²) >= 11 is 11.7. The van der Waals surface area contributed by atoms with E-state index < -0.39 is 12.0 Å². The summed E-state index contributed by atoms with van der Waals surface area (Å²) in [7, 11) is 5.40. The Morgan fingerprint density at radius 1 is 1.19 bits per heavy atom. The Hall–Kier alpha value is -1.50. The zero-order valence-corrected chi connectivity index (χ0v) is 13.5. The molecule has 0 bridgehead atoms. The third-order valence-corrected chi connectivity index (χ3v) is 3.26. The summed E-state index contributed by atoms with van der Waals surface area (Å²) in [5.41, 5.74) is -0.114. The van der Waals surface area contributed by atoms with Crippen LogP contribution in [0.4, 0.5) is 10.5 Å².